The summed E-state index contributed by atoms with van der Waals surface area (Å²) in [6.07, 6.45) is 2.20. The van der Waals surface area contributed by atoms with Gasteiger partial charge in [0.05, 0.1) is 17.3 Å². The third kappa shape index (κ3) is 3.39. The highest BCUT2D eigenvalue weighted by molar-refractivity contribution is 9.10. The lowest BCUT2D eigenvalue weighted by Crippen LogP contribution is -1.99. The number of rotatable bonds is 4. The first kappa shape index (κ1) is 12.3. The minimum absolute atomic E-state index is 0.556. The molecular weight excluding hydrogens is 281 g/mol. The second-order valence-corrected chi connectivity index (χ2v) is 4.19. The monoisotopic (exact) mass is 291 g/mol. The molecule has 0 radical (unpaired) electrons. The first-order valence-electron chi connectivity index (χ1n) is 4.48. The van der Waals surface area contributed by atoms with Crippen molar-refractivity contribution in [2.24, 2.45) is 5.16 Å². The van der Waals surface area contributed by atoms with Crippen molar-refractivity contribution in [3.05, 3.63) is 27.2 Å². The zero-order valence-corrected chi connectivity index (χ0v) is 10.5. The smallest absolute Gasteiger partial charge is 0.142 e. The van der Waals surface area contributed by atoms with E-state index in [0.717, 1.165) is 10.9 Å². The molecule has 0 saturated heterocycles. The van der Waals surface area contributed by atoms with Crippen molar-refractivity contribution in [1.29, 1.82) is 0 Å². The van der Waals surface area contributed by atoms with Crippen molar-refractivity contribution in [3.63, 3.8) is 0 Å². The van der Waals surface area contributed by atoms with Crippen LogP contribution in [0.25, 0.3) is 0 Å². The zero-order valence-electron chi connectivity index (χ0n) is 8.20. The van der Waals surface area contributed by atoms with Gasteiger partial charge in [0, 0.05) is 10.6 Å². The van der Waals surface area contributed by atoms with Gasteiger partial charge < -0.3 is 9.94 Å². The van der Waals surface area contributed by atoms with Crippen LogP contribution in [0.15, 0.2) is 21.8 Å². The Morgan fingerprint density at radius 2 is 2.33 bits per heavy atom. The first-order valence-corrected chi connectivity index (χ1v) is 5.65. The minimum Gasteiger partial charge on any atom is -0.492 e. The molecule has 1 rings (SSSR count). The average molecular weight is 293 g/mol. The number of benzene rings is 1. The molecule has 0 aliphatic rings. The molecular formula is C10H11BrClNO2. The Bertz CT molecular complexity index is 369. The number of hydrogen-bond acceptors (Lipinski definition) is 3. The molecule has 1 aromatic carbocycles. The van der Waals surface area contributed by atoms with Crippen LogP contribution >= 0.6 is 27.5 Å². The molecule has 0 heterocycles. The van der Waals surface area contributed by atoms with E-state index in [1.807, 2.05) is 6.92 Å². The van der Waals surface area contributed by atoms with Gasteiger partial charge in [-0.15, -0.1) is 0 Å². The van der Waals surface area contributed by atoms with E-state index in [2.05, 4.69) is 21.1 Å². The Hall–Kier alpha value is -0.740. The van der Waals surface area contributed by atoms with Gasteiger partial charge >= 0.3 is 0 Å². The number of nitrogens with zero attached hydrogens (tertiary/aromatic N) is 1. The predicted molar refractivity (Wildman–Crippen MR) is 64.3 cm³/mol. The molecule has 15 heavy (non-hydrogen) atoms. The summed E-state index contributed by atoms with van der Waals surface area (Å²) in [5.41, 5.74) is 0.644. The van der Waals surface area contributed by atoms with Crippen LogP contribution in [-0.4, -0.2) is 18.0 Å². The van der Waals surface area contributed by atoms with Gasteiger partial charge in [0.2, 0.25) is 0 Å². The highest BCUT2D eigenvalue weighted by Crippen LogP contribution is 2.31. The van der Waals surface area contributed by atoms with E-state index < -0.39 is 0 Å². The van der Waals surface area contributed by atoms with Crippen molar-refractivity contribution in [2.75, 3.05) is 6.61 Å². The molecule has 0 amide bonds. The Morgan fingerprint density at radius 1 is 1.60 bits per heavy atom. The quantitative estimate of drug-likeness (QED) is 0.522. The lowest BCUT2D eigenvalue weighted by atomic mass is 10.2. The molecule has 0 fully saturated rings. The molecule has 82 valence electrons. The van der Waals surface area contributed by atoms with E-state index >= 15 is 0 Å². The van der Waals surface area contributed by atoms with E-state index in [1.165, 1.54) is 6.21 Å². The Morgan fingerprint density at radius 3 is 2.93 bits per heavy atom. The SMILES string of the molecule is CCCOc1c(Br)cc(Cl)cc1/C=N/O. The maximum atomic E-state index is 8.51. The minimum atomic E-state index is 0.556. The van der Waals surface area contributed by atoms with Crippen molar-refractivity contribution in [3.8, 4) is 5.75 Å². The molecule has 3 nitrogen and oxygen atoms in total. The summed E-state index contributed by atoms with van der Waals surface area (Å²) in [4.78, 5) is 0. The second kappa shape index (κ2) is 5.98. The standard InChI is InChI=1S/C10H11BrClNO2/c1-2-3-15-10-7(6-13-14)4-8(12)5-9(10)11/h4-6,14H,2-3H2,1H3/b13-6+. The van der Waals surface area contributed by atoms with E-state index in [-0.39, 0.29) is 0 Å². The van der Waals surface area contributed by atoms with Crippen molar-refractivity contribution in [1.82, 2.24) is 0 Å². The summed E-state index contributed by atoms with van der Waals surface area (Å²) >= 11 is 9.21. The zero-order chi connectivity index (χ0) is 11.3. The fourth-order valence-electron chi connectivity index (χ4n) is 1.09. The lowest BCUT2D eigenvalue weighted by Gasteiger charge is -2.10. The van der Waals surface area contributed by atoms with Crippen LogP contribution in [0.2, 0.25) is 5.02 Å². The molecule has 0 unspecified atom stereocenters. The highest BCUT2D eigenvalue weighted by atomic mass is 79.9. The lowest BCUT2D eigenvalue weighted by molar-refractivity contribution is 0.312. The predicted octanol–water partition coefficient (Wildman–Crippen LogP) is 3.70. The van der Waals surface area contributed by atoms with Crippen LogP contribution in [0.4, 0.5) is 0 Å². The first-order chi connectivity index (χ1) is 7.19. The van der Waals surface area contributed by atoms with Crippen molar-refractivity contribution in [2.45, 2.75) is 13.3 Å². The molecule has 0 atom stereocenters. The average Bonchev–Trinajstić information content (AvgIpc) is 2.17. The molecule has 0 aromatic heterocycles. The van der Waals surface area contributed by atoms with Gasteiger partial charge in [-0.25, -0.2) is 0 Å². The van der Waals surface area contributed by atoms with Crippen molar-refractivity contribution >= 4 is 33.7 Å². The van der Waals surface area contributed by atoms with Crippen LogP contribution in [0, 0.1) is 0 Å². The molecule has 1 aromatic rings. The van der Waals surface area contributed by atoms with Gasteiger partial charge in [0.25, 0.3) is 0 Å². The number of ether oxygens (including phenoxy) is 1. The molecule has 0 bridgehead atoms. The van der Waals surface area contributed by atoms with E-state index in [4.69, 9.17) is 21.5 Å². The van der Waals surface area contributed by atoms with Crippen LogP contribution in [-0.2, 0) is 0 Å². The Balaban J connectivity index is 3.08. The van der Waals surface area contributed by atoms with E-state index in [0.29, 0.717) is 22.9 Å². The maximum Gasteiger partial charge on any atom is 0.142 e. The topological polar surface area (TPSA) is 41.8 Å². The summed E-state index contributed by atoms with van der Waals surface area (Å²) in [6.45, 7) is 2.62. The molecule has 0 aliphatic heterocycles. The summed E-state index contributed by atoms with van der Waals surface area (Å²) < 4.78 is 6.27. The van der Waals surface area contributed by atoms with Gasteiger partial charge in [0.1, 0.15) is 5.75 Å². The van der Waals surface area contributed by atoms with Gasteiger partial charge in [-0.2, -0.15) is 0 Å². The third-order valence-electron chi connectivity index (χ3n) is 1.68. The fourth-order valence-corrected chi connectivity index (χ4v) is 2.04. The summed E-state index contributed by atoms with van der Waals surface area (Å²) in [7, 11) is 0. The van der Waals surface area contributed by atoms with Crippen LogP contribution < -0.4 is 4.74 Å². The third-order valence-corrected chi connectivity index (χ3v) is 2.49. The largest absolute Gasteiger partial charge is 0.492 e. The Kier molecular flexibility index (Phi) is 4.91. The maximum absolute atomic E-state index is 8.51. The fraction of sp³-hybridized carbons (Fsp3) is 0.300. The van der Waals surface area contributed by atoms with Crippen molar-refractivity contribution < 1.29 is 9.94 Å². The number of oxime groups is 1. The molecule has 5 heteroatoms. The molecule has 0 aliphatic carbocycles. The normalized spacial score (nSPS) is 10.9. The molecule has 0 saturated carbocycles. The second-order valence-electron chi connectivity index (χ2n) is 2.90. The Labute approximate surface area is 102 Å². The summed E-state index contributed by atoms with van der Waals surface area (Å²) in [6, 6.07) is 3.41. The van der Waals surface area contributed by atoms with E-state index in [9.17, 15) is 0 Å². The van der Waals surface area contributed by atoms with Gasteiger partial charge in [-0.3, -0.25) is 0 Å². The van der Waals surface area contributed by atoms with Crippen LogP contribution in [0.5, 0.6) is 5.75 Å². The molecule has 0 spiro atoms. The number of hydrogen-bond donors (Lipinski definition) is 1. The molecule has 1 N–H and O–H groups in total. The van der Waals surface area contributed by atoms with E-state index in [1.54, 1.807) is 12.1 Å². The number of halogens is 2. The van der Waals surface area contributed by atoms with Gasteiger partial charge in [-0.05, 0) is 34.5 Å². The van der Waals surface area contributed by atoms with Crippen LogP contribution in [0.3, 0.4) is 0 Å². The van der Waals surface area contributed by atoms with Crippen LogP contribution in [0.1, 0.15) is 18.9 Å². The van der Waals surface area contributed by atoms with Gasteiger partial charge in [-0.1, -0.05) is 23.7 Å². The summed E-state index contributed by atoms with van der Waals surface area (Å²) in [5, 5.41) is 12.0. The summed E-state index contributed by atoms with van der Waals surface area (Å²) in [5.74, 6) is 0.638. The highest BCUT2D eigenvalue weighted by Gasteiger charge is 2.08. The van der Waals surface area contributed by atoms with Gasteiger partial charge in [0.15, 0.2) is 0 Å².